The molecule has 1 saturated carbocycles. The third-order valence-corrected chi connectivity index (χ3v) is 4.53. The molecule has 3 rings (SSSR count). The SMILES string of the molecule is CN1CCN(Cc2cc(CNC3CC3)no2)CC1(C)C. The van der Waals surface area contributed by atoms with Crippen molar-refractivity contribution in [3.63, 3.8) is 0 Å². The zero-order valence-corrected chi connectivity index (χ0v) is 12.9. The highest BCUT2D eigenvalue weighted by Crippen LogP contribution is 2.21. The van der Waals surface area contributed by atoms with E-state index in [1.54, 1.807) is 0 Å². The summed E-state index contributed by atoms with van der Waals surface area (Å²) in [5.41, 5.74) is 1.26. The first-order valence-electron chi connectivity index (χ1n) is 7.64. The fourth-order valence-corrected chi connectivity index (χ4v) is 2.75. The number of hydrogen-bond acceptors (Lipinski definition) is 5. The lowest BCUT2D eigenvalue weighted by atomic mass is 10.00. The highest BCUT2D eigenvalue weighted by molar-refractivity contribution is 5.06. The Morgan fingerprint density at radius 3 is 2.90 bits per heavy atom. The average molecular weight is 278 g/mol. The van der Waals surface area contributed by atoms with Gasteiger partial charge in [0.25, 0.3) is 0 Å². The van der Waals surface area contributed by atoms with E-state index < -0.39 is 0 Å². The van der Waals surface area contributed by atoms with Gasteiger partial charge in [0.05, 0.1) is 12.2 Å². The van der Waals surface area contributed by atoms with E-state index in [4.69, 9.17) is 4.52 Å². The number of aromatic nitrogens is 1. The van der Waals surface area contributed by atoms with Crippen LogP contribution in [0.15, 0.2) is 10.6 Å². The fourth-order valence-electron chi connectivity index (χ4n) is 2.75. The average Bonchev–Trinajstić information content (AvgIpc) is 3.12. The minimum atomic E-state index is 0.231. The minimum absolute atomic E-state index is 0.231. The quantitative estimate of drug-likeness (QED) is 0.883. The highest BCUT2D eigenvalue weighted by atomic mass is 16.5. The fraction of sp³-hybridized carbons (Fsp3) is 0.800. The monoisotopic (exact) mass is 278 g/mol. The normalized spacial score (nSPS) is 24.1. The Bertz CT molecular complexity index is 452. The lowest BCUT2D eigenvalue weighted by molar-refractivity contribution is 0.0319. The summed E-state index contributed by atoms with van der Waals surface area (Å²) in [6.45, 7) is 9.57. The number of nitrogens with one attached hydrogen (secondary N) is 1. The molecule has 5 heteroatoms. The maximum Gasteiger partial charge on any atom is 0.151 e. The molecular weight excluding hydrogens is 252 g/mol. The number of piperazine rings is 1. The van der Waals surface area contributed by atoms with Gasteiger partial charge in [-0.05, 0) is 33.7 Å². The van der Waals surface area contributed by atoms with Gasteiger partial charge in [-0.1, -0.05) is 5.16 Å². The zero-order chi connectivity index (χ0) is 14.2. The van der Waals surface area contributed by atoms with E-state index >= 15 is 0 Å². The molecule has 0 bridgehead atoms. The summed E-state index contributed by atoms with van der Waals surface area (Å²) in [6, 6.07) is 2.81. The molecule has 2 aliphatic rings. The van der Waals surface area contributed by atoms with Crippen molar-refractivity contribution in [2.45, 2.75) is 51.4 Å². The van der Waals surface area contributed by atoms with Crippen molar-refractivity contribution in [2.75, 3.05) is 26.7 Å². The van der Waals surface area contributed by atoms with Crippen LogP contribution in [0.4, 0.5) is 0 Å². The molecule has 2 fully saturated rings. The van der Waals surface area contributed by atoms with Crippen LogP contribution in [0.2, 0.25) is 0 Å². The van der Waals surface area contributed by atoms with Gasteiger partial charge in [0.1, 0.15) is 0 Å². The first-order chi connectivity index (χ1) is 9.53. The number of nitrogens with zero attached hydrogens (tertiary/aromatic N) is 3. The van der Waals surface area contributed by atoms with E-state index in [-0.39, 0.29) is 5.54 Å². The van der Waals surface area contributed by atoms with E-state index in [2.05, 4.69) is 47.2 Å². The molecule has 0 unspecified atom stereocenters. The zero-order valence-electron chi connectivity index (χ0n) is 12.9. The summed E-state index contributed by atoms with van der Waals surface area (Å²) in [4.78, 5) is 4.88. The van der Waals surface area contributed by atoms with E-state index in [1.807, 2.05) is 0 Å². The lowest BCUT2D eigenvalue weighted by Crippen LogP contribution is -2.57. The molecule has 1 aromatic rings. The topological polar surface area (TPSA) is 44.5 Å². The second-order valence-electron chi connectivity index (χ2n) is 6.88. The number of likely N-dealkylation sites (N-methyl/N-ethyl adjacent to an activating group) is 1. The van der Waals surface area contributed by atoms with Crippen LogP contribution in [0.1, 0.15) is 38.1 Å². The largest absolute Gasteiger partial charge is 0.360 e. The molecule has 20 heavy (non-hydrogen) atoms. The predicted molar refractivity (Wildman–Crippen MR) is 78.4 cm³/mol. The van der Waals surface area contributed by atoms with E-state index in [0.29, 0.717) is 6.04 Å². The Balaban J connectivity index is 1.52. The van der Waals surface area contributed by atoms with Crippen LogP contribution in [-0.4, -0.2) is 53.2 Å². The smallest absolute Gasteiger partial charge is 0.151 e. The number of hydrogen-bond donors (Lipinski definition) is 1. The molecule has 0 amide bonds. The van der Waals surface area contributed by atoms with Crippen LogP contribution in [-0.2, 0) is 13.1 Å². The molecule has 1 aromatic heterocycles. The lowest BCUT2D eigenvalue weighted by Gasteiger charge is -2.45. The van der Waals surface area contributed by atoms with Crippen LogP contribution in [0.25, 0.3) is 0 Å². The van der Waals surface area contributed by atoms with Gasteiger partial charge < -0.3 is 9.84 Å². The van der Waals surface area contributed by atoms with Gasteiger partial charge in [0, 0.05) is 43.8 Å². The standard InChI is InChI=1S/C15H26N4O/c1-15(2)11-19(7-6-18(15)3)10-14-8-13(17-20-14)9-16-12-4-5-12/h8,12,16H,4-7,9-11H2,1-3H3. The van der Waals surface area contributed by atoms with Crippen LogP contribution < -0.4 is 5.32 Å². The molecule has 5 nitrogen and oxygen atoms in total. The third-order valence-electron chi connectivity index (χ3n) is 4.53. The Labute approximate surface area is 121 Å². The van der Waals surface area contributed by atoms with Gasteiger partial charge in [-0.3, -0.25) is 9.80 Å². The Hall–Kier alpha value is -0.910. The van der Waals surface area contributed by atoms with Crippen LogP contribution in [0, 0.1) is 0 Å². The Kier molecular flexibility index (Phi) is 3.84. The molecule has 1 aliphatic carbocycles. The maximum absolute atomic E-state index is 5.47. The predicted octanol–water partition coefficient (Wildman–Crippen LogP) is 1.45. The molecule has 1 aliphatic heterocycles. The molecule has 1 saturated heterocycles. The van der Waals surface area contributed by atoms with E-state index in [1.165, 1.54) is 12.8 Å². The Morgan fingerprint density at radius 2 is 2.20 bits per heavy atom. The van der Waals surface area contributed by atoms with Gasteiger partial charge >= 0.3 is 0 Å². The van der Waals surface area contributed by atoms with Gasteiger partial charge in [-0.25, -0.2) is 0 Å². The summed E-state index contributed by atoms with van der Waals surface area (Å²) in [5.74, 6) is 0.984. The van der Waals surface area contributed by atoms with Crippen molar-refractivity contribution < 1.29 is 4.52 Å². The maximum atomic E-state index is 5.47. The highest BCUT2D eigenvalue weighted by Gasteiger charge is 2.31. The second kappa shape index (κ2) is 5.47. The van der Waals surface area contributed by atoms with Crippen molar-refractivity contribution in [3.05, 3.63) is 17.5 Å². The van der Waals surface area contributed by atoms with Crippen LogP contribution >= 0.6 is 0 Å². The molecule has 2 heterocycles. The Morgan fingerprint density at radius 1 is 1.40 bits per heavy atom. The summed E-state index contributed by atoms with van der Waals surface area (Å²) in [7, 11) is 2.20. The minimum Gasteiger partial charge on any atom is -0.360 e. The molecule has 112 valence electrons. The van der Waals surface area contributed by atoms with Gasteiger partial charge in [-0.2, -0.15) is 0 Å². The van der Waals surface area contributed by atoms with E-state index in [0.717, 1.165) is 44.2 Å². The van der Waals surface area contributed by atoms with Crippen LogP contribution in [0.5, 0.6) is 0 Å². The number of rotatable bonds is 5. The first-order valence-corrected chi connectivity index (χ1v) is 7.64. The van der Waals surface area contributed by atoms with Gasteiger partial charge in [0.15, 0.2) is 5.76 Å². The molecule has 0 aromatic carbocycles. The van der Waals surface area contributed by atoms with Crippen molar-refractivity contribution in [2.24, 2.45) is 0 Å². The summed E-state index contributed by atoms with van der Waals surface area (Å²) >= 11 is 0. The molecule has 0 spiro atoms. The summed E-state index contributed by atoms with van der Waals surface area (Å²) in [6.07, 6.45) is 2.61. The molecule has 1 N–H and O–H groups in total. The second-order valence-corrected chi connectivity index (χ2v) is 6.88. The van der Waals surface area contributed by atoms with Crippen LogP contribution in [0.3, 0.4) is 0 Å². The van der Waals surface area contributed by atoms with Crippen molar-refractivity contribution in [3.8, 4) is 0 Å². The molecule has 0 radical (unpaired) electrons. The van der Waals surface area contributed by atoms with E-state index in [9.17, 15) is 0 Å². The first kappa shape index (κ1) is 14.0. The molecule has 0 atom stereocenters. The van der Waals surface area contributed by atoms with Crippen molar-refractivity contribution in [1.82, 2.24) is 20.3 Å². The molecular formula is C15H26N4O. The van der Waals surface area contributed by atoms with Gasteiger partial charge in [0.2, 0.25) is 0 Å². The summed E-state index contributed by atoms with van der Waals surface area (Å²) in [5, 5.41) is 7.62. The van der Waals surface area contributed by atoms with Crippen molar-refractivity contribution >= 4 is 0 Å². The summed E-state index contributed by atoms with van der Waals surface area (Å²) < 4.78 is 5.47. The third kappa shape index (κ3) is 3.40. The van der Waals surface area contributed by atoms with Crippen molar-refractivity contribution in [1.29, 1.82) is 0 Å². The van der Waals surface area contributed by atoms with Gasteiger partial charge in [-0.15, -0.1) is 0 Å².